The van der Waals surface area contributed by atoms with Crippen molar-refractivity contribution < 1.29 is 9.13 Å². The van der Waals surface area contributed by atoms with Gasteiger partial charge in [0.15, 0.2) is 0 Å². The molecule has 1 aromatic heterocycles. The van der Waals surface area contributed by atoms with Crippen molar-refractivity contribution in [2.24, 2.45) is 0 Å². The van der Waals surface area contributed by atoms with Gasteiger partial charge in [-0.1, -0.05) is 17.7 Å². The summed E-state index contributed by atoms with van der Waals surface area (Å²) in [6, 6.07) is 6.54. The summed E-state index contributed by atoms with van der Waals surface area (Å²) in [5.41, 5.74) is 0.481. The van der Waals surface area contributed by atoms with Crippen LogP contribution in [0.1, 0.15) is 12.5 Å². The standard InChI is InChI=1S/C16H18ClFN4O/c1-11-16(23-9-12-2-3-13(17)8-14(12)18)22(7-6-20-11)15-4-5-19-10-21-15/h2-5,8,10-11,16,20H,6-7,9H2,1H3/t11-,16?/m0/s1. The van der Waals surface area contributed by atoms with Crippen LogP contribution in [-0.4, -0.2) is 35.3 Å². The SMILES string of the molecule is C[C@@H]1NCCN(c2ccncn2)C1OCc1ccc(Cl)cc1F. The molecule has 3 rings (SSSR count). The Bertz CT molecular complexity index is 658. The van der Waals surface area contributed by atoms with Crippen molar-refractivity contribution >= 4 is 17.4 Å². The lowest BCUT2D eigenvalue weighted by Gasteiger charge is -2.40. The van der Waals surface area contributed by atoms with Gasteiger partial charge in [-0.25, -0.2) is 14.4 Å². The molecule has 0 radical (unpaired) electrons. The van der Waals surface area contributed by atoms with E-state index in [1.165, 1.54) is 12.4 Å². The average molecular weight is 337 g/mol. The first kappa shape index (κ1) is 16.1. The van der Waals surface area contributed by atoms with Gasteiger partial charge >= 0.3 is 0 Å². The zero-order valence-electron chi connectivity index (χ0n) is 12.7. The maximum atomic E-state index is 13.9. The summed E-state index contributed by atoms with van der Waals surface area (Å²) < 4.78 is 19.9. The summed E-state index contributed by atoms with van der Waals surface area (Å²) in [4.78, 5) is 10.3. The second-order valence-electron chi connectivity index (χ2n) is 5.44. The molecule has 7 heteroatoms. The van der Waals surface area contributed by atoms with Crippen LogP contribution in [0, 0.1) is 5.82 Å². The average Bonchev–Trinajstić information content (AvgIpc) is 2.56. The number of halogens is 2. The molecule has 0 spiro atoms. The number of nitrogens with zero attached hydrogens (tertiary/aromatic N) is 3. The molecule has 2 atom stereocenters. The van der Waals surface area contributed by atoms with Crippen LogP contribution in [0.4, 0.5) is 10.2 Å². The number of aromatic nitrogens is 2. The number of benzene rings is 1. The minimum atomic E-state index is -0.359. The Morgan fingerprint density at radius 3 is 3.04 bits per heavy atom. The molecule has 2 aromatic rings. The molecule has 1 aliphatic rings. The first-order valence-electron chi connectivity index (χ1n) is 7.47. The Kier molecular flexibility index (Phi) is 5.05. The predicted octanol–water partition coefficient (Wildman–Crippen LogP) is 2.61. The van der Waals surface area contributed by atoms with Gasteiger partial charge in [-0.15, -0.1) is 0 Å². The van der Waals surface area contributed by atoms with E-state index in [1.807, 2.05) is 13.0 Å². The van der Waals surface area contributed by atoms with Crippen LogP contribution in [0.25, 0.3) is 0 Å². The van der Waals surface area contributed by atoms with Crippen molar-refractivity contribution in [3.63, 3.8) is 0 Å². The van der Waals surface area contributed by atoms with Crippen molar-refractivity contribution in [2.45, 2.75) is 25.8 Å². The third kappa shape index (κ3) is 3.77. The fourth-order valence-electron chi connectivity index (χ4n) is 2.66. The second kappa shape index (κ2) is 7.21. The van der Waals surface area contributed by atoms with Crippen LogP contribution in [0.3, 0.4) is 0 Å². The van der Waals surface area contributed by atoms with Crippen molar-refractivity contribution in [1.29, 1.82) is 0 Å². The van der Waals surface area contributed by atoms with Gasteiger partial charge in [0.05, 0.1) is 6.61 Å². The molecule has 23 heavy (non-hydrogen) atoms. The summed E-state index contributed by atoms with van der Waals surface area (Å²) in [5, 5.41) is 3.74. The molecule has 5 nitrogen and oxygen atoms in total. The molecular weight excluding hydrogens is 319 g/mol. The van der Waals surface area contributed by atoms with E-state index in [1.54, 1.807) is 18.3 Å². The summed E-state index contributed by atoms with van der Waals surface area (Å²) in [7, 11) is 0. The Hall–Kier alpha value is -1.76. The fourth-order valence-corrected chi connectivity index (χ4v) is 2.82. The maximum absolute atomic E-state index is 13.9. The molecule has 0 amide bonds. The van der Waals surface area contributed by atoms with Crippen molar-refractivity contribution in [3.05, 3.63) is 53.2 Å². The molecule has 1 aromatic carbocycles. The van der Waals surface area contributed by atoms with Gasteiger partial charge in [0.25, 0.3) is 0 Å². The quantitative estimate of drug-likeness (QED) is 0.930. The van der Waals surface area contributed by atoms with Crippen LogP contribution >= 0.6 is 11.6 Å². The zero-order valence-corrected chi connectivity index (χ0v) is 13.5. The summed E-state index contributed by atoms with van der Waals surface area (Å²) >= 11 is 5.78. The molecule has 122 valence electrons. The minimum Gasteiger partial charge on any atom is -0.352 e. The lowest BCUT2D eigenvalue weighted by molar-refractivity contribution is 0.00608. The molecular formula is C16H18ClFN4O. The molecule has 1 aliphatic heterocycles. The minimum absolute atomic E-state index is 0.0917. The highest BCUT2D eigenvalue weighted by molar-refractivity contribution is 6.30. The van der Waals surface area contributed by atoms with Crippen LogP contribution < -0.4 is 10.2 Å². The fraction of sp³-hybridized carbons (Fsp3) is 0.375. The lowest BCUT2D eigenvalue weighted by atomic mass is 10.2. The Labute approximate surface area is 139 Å². The topological polar surface area (TPSA) is 50.3 Å². The molecule has 0 aliphatic carbocycles. The van der Waals surface area contributed by atoms with Crippen molar-refractivity contribution in [1.82, 2.24) is 15.3 Å². The summed E-state index contributed by atoms with van der Waals surface area (Å²) in [5.74, 6) is 0.442. The summed E-state index contributed by atoms with van der Waals surface area (Å²) in [6.07, 6.45) is 2.97. The van der Waals surface area contributed by atoms with E-state index in [-0.39, 0.29) is 24.7 Å². The highest BCUT2D eigenvalue weighted by atomic mass is 35.5. The van der Waals surface area contributed by atoms with Crippen molar-refractivity contribution in [3.8, 4) is 0 Å². The van der Waals surface area contributed by atoms with Gasteiger partial charge in [-0.2, -0.15) is 0 Å². The monoisotopic (exact) mass is 336 g/mol. The van der Waals surface area contributed by atoms with E-state index in [4.69, 9.17) is 16.3 Å². The first-order chi connectivity index (χ1) is 11.1. The molecule has 0 bridgehead atoms. The van der Waals surface area contributed by atoms with Crippen LogP contribution in [0.5, 0.6) is 0 Å². The highest BCUT2D eigenvalue weighted by Crippen LogP contribution is 2.21. The normalized spacial score (nSPS) is 21.4. The number of nitrogens with one attached hydrogen (secondary N) is 1. The molecule has 0 saturated carbocycles. The van der Waals surface area contributed by atoms with Gasteiger partial charge in [-0.3, -0.25) is 0 Å². The molecule has 1 N–H and O–H groups in total. The number of anilines is 1. The second-order valence-corrected chi connectivity index (χ2v) is 5.88. The van der Waals surface area contributed by atoms with E-state index in [0.717, 1.165) is 18.9 Å². The van der Waals surface area contributed by atoms with E-state index in [0.29, 0.717) is 10.6 Å². The zero-order chi connectivity index (χ0) is 16.2. The predicted molar refractivity (Wildman–Crippen MR) is 86.8 cm³/mol. The van der Waals surface area contributed by atoms with E-state index in [9.17, 15) is 4.39 Å². The Morgan fingerprint density at radius 2 is 2.30 bits per heavy atom. The molecule has 1 unspecified atom stereocenters. The third-order valence-electron chi connectivity index (χ3n) is 3.84. The van der Waals surface area contributed by atoms with Crippen LogP contribution in [-0.2, 0) is 11.3 Å². The van der Waals surface area contributed by atoms with Gasteiger partial charge in [0.1, 0.15) is 24.2 Å². The summed E-state index contributed by atoms with van der Waals surface area (Å²) in [6.45, 7) is 3.80. The number of hydrogen-bond acceptors (Lipinski definition) is 5. The number of rotatable bonds is 4. The molecule has 1 fully saturated rings. The maximum Gasteiger partial charge on any atom is 0.146 e. The molecule has 1 saturated heterocycles. The largest absolute Gasteiger partial charge is 0.352 e. The highest BCUT2D eigenvalue weighted by Gasteiger charge is 2.30. The lowest BCUT2D eigenvalue weighted by Crippen LogP contribution is -2.58. The van der Waals surface area contributed by atoms with Crippen molar-refractivity contribution in [2.75, 3.05) is 18.0 Å². The van der Waals surface area contributed by atoms with Gasteiger partial charge in [-0.05, 0) is 25.1 Å². The van der Waals surface area contributed by atoms with Gasteiger partial charge in [0.2, 0.25) is 0 Å². The number of hydrogen-bond donors (Lipinski definition) is 1. The Morgan fingerprint density at radius 1 is 1.43 bits per heavy atom. The van der Waals surface area contributed by atoms with Crippen LogP contribution in [0.2, 0.25) is 5.02 Å². The first-order valence-corrected chi connectivity index (χ1v) is 7.84. The Balaban J connectivity index is 1.75. The third-order valence-corrected chi connectivity index (χ3v) is 4.07. The molecule has 2 heterocycles. The van der Waals surface area contributed by atoms with Gasteiger partial charge < -0.3 is 15.0 Å². The van der Waals surface area contributed by atoms with E-state index < -0.39 is 0 Å². The van der Waals surface area contributed by atoms with E-state index >= 15 is 0 Å². The smallest absolute Gasteiger partial charge is 0.146 e. The number of piperazine rings is 1. The van der Waals surface area contributed by atoms with Crippen LogP contribution in [0.15, 0.2) is 36.8 Å². The number of ether oxygens (including phenoxy) is 1. The van der Waals surface area contributed by atoms with E-state index in [2.05, 4.69) is 20.2 Å². The van der Waals surface area contributed by atoms with Gasteiger partial charge in [0, 0.05) is 35.9 Å².